The predicted octanol–water partition coefficient (Wildman–Crippen LogP) is 2.77. The number of hydrogen-bond donors (Lipinski definition) is 4. The zero-order valence-corrected chi connectivity index (χ0v) is 17.0. The van der Waals surface area contributed by atoms with Crippen LogP contribution in [-0.4, -0.2) is 43.6 Å². The zero-order valence-electron chi connectivity index (χ0n) is 17.0. The van der Waals surface area contributed by atoms with Crippen molar-refractivity contribution < 1.29 is 9.18 Å². The molecule has 0 spiro atoms. The third kappa shape index (κ3) is 4.29. The van der Waals surface area contributed by atoms with Crippen LogP contribution in [0.3, 0.4) is 0 Å². The number of carbonyl (C=O) groups is 1. The van der Waals surface area contributed by atoms with Crippen molar-refractivity contribution in [2.24, 2.45) is 5.73 Å². The molecule has 10 heteroatoms. The molecule has 2 aliphatic carbocycles. The van der Waals surface area contributed by atoms with Gasteiger partial charge in [0.15, 0.2) is 17.2 Å². The molecule has 0 aliphatic heterocycles. The van der Waals surface area contributed by atoms with Gasteiger partial charge < -0.3 is 21.7 Å². The summed E-state index contributed by atoms with van der Waals surface area (Å²) in [7, 11) is 0. The summed E-state index contributed by atoms with van der Waals surface area (Å²) in [4.78, 5) is 21.0. The maximum atomic E-state index is 13.9. The summed E-state index contributed by atoms with van der Waals surface area (Å²) in [5.74, 6) is -0.437. The largest absolute Gasteiger partial charge is 0.379 e. The van der Waals surface area contributed by atoms with Crippen LogP contribution in [0, 0.1) is 5.82 Å². The van der Waals surface area contributed by atoms with Gasteiger partial charge >= 0.3 is 0 Å². The van der Waals surface area contributed by atoms with E-state index < -0.39 is 11.7 Å². The van der Waals surface area contributed by atoms with Gasteiger partial charge in [-0.2, -0.15) is 0 Å². The minimum absolute atomic E-state index is 0.0547. The quantitative estimate of drug-likeness (QED) is 0.480. The second kappa shape index (κ2) is 8.10. The number of pyridine rings is 1. The van der Waals surface area contributed by atoms with Crippen LogP contribution in [0.2, 0.25) is 0 Å². The molecule has 0 atom stereocenters. The van der Waals surface area contributed by atoms with E-state index in [4.69, 9.17) is 5.73 Å². The number of rotatable bonds is 6. The molecule has 2 saturated carbocycles. The van der Waals surface area contributed by atoms with Crippen molar-refractivity contribution in [1.82, 2.24) is 19.6 Å². The van der Waals surface area contributed by atoms with E-state index in [1.807, 2.05) is 6.07 Å². The first kappa shape index (κ1) is 19.7. The number of halogens is 1. The van der Waals surface area contributed by atoms with E-state index in [1.54, 1.807) is 0 Å². The Bertz CT molecular complexity index is 1100. The number of nitrogens with two attached hydrogens (primary N) is 1. The molecule has 0 radical (unpaired) electrons. The second-order valence-electron chi connectivity index (χ2n) is 8.31. The predicted molar refractivity (Wildman–Crippen MR) is 116 cm³/mol. The van der Waals surface area contributed by atoms with Crippen LogP contribution >= 0.6 is 0 Å². The van der Waals surface area contributed by atoms with Crippen molar-refractivity contribution in [3.8, 4) is 0 Å². The number of fused-ring (bicyclic) bond motifs is 1. The molecule has 0 unspecified atom stereocenters. The van der Waals surface area contributed by atoms with Crippen LogP contribution in [0.5, 0.6) is 0 Å². The van der Waals surface area contributed by atoms with Crippen LogP contribution < -0.4 is 21.7 Å². The fourth-order valence-corrected chi connectivity index (χ4v) is 3.88. The number of amides is 1. The molecule has 0 saturated heterocycles. The third-order valence-corrected chi connectivity index (χ3v) is 5.78. The van der Waals surface area contributed by atoms with Crippen LogP contribution in [0.25, 0.3) is 5.65 Å². The Morgan fingerprint density at radius 2 is 1.81 bits per heavy atom. The Hall–Kier alpha value is -3.27. The molecular weight excluding hydrogens is 399 g/mol. The number of nitrogens with one attached hydrogen (secondary N) is 3. The number of anilines is 3. The number of hydrogen-bond acceptors (Lipinski definition) is 7. The summed E-state index contributed by atoms with van der Waals surface area (Å²) >= 11 is 0. The van der Waals surface area contributed by atoms with Crippen molar-refractivity contribution >= 4 is 28.7 Å². The SMILES string of the molecule is N[C@H]1CC[C@@H](Nc2cc(NC3CC3)c3ncc(C(=O)Nc4ccncc4F)n3n2)CC1. The Balaban J connectivity index is 1.46. The third-order valence-electron chi connectivity index (χ3n) is 5.78. The highest BCUT2D eigenvalue weighted by Crippen LogP contribution is 2.29. The second-order valence-corrected chi connectivity index (χ2v) is 8.31. The van der Waals surface area contributed by atoms with Crippen molar-refractivity contribution in [1.29, 1.82) is 0 Å². The van der Waals surface area contributed by atoms with Gasteiger partial charge in [-0.25, -0.2) is 13.9 Å². The molecule has 3 aromatic rings. The van der Waals surface area contributed by atoms with E-state index in [2.05, 4.69) is 31.0 Å². The van der Waals surface area contributed by atoms with Gasteiger partial charge in [0.25, 0.3) is 5.91 Å². The highest BCUT2D eigenvalue weighted by Gasteiger charge is 2.25. The highest BCUT2D eigenvalue weighted by atomic mass is 19.1. The number of imidazole rings is 1. The molecule has 0 aromatic carbocycles. The summed E-state index contributed by atoms with van der Waals surface area (Å²) in [5, 5.41) is 14.2. The van der Waals surface area contributed by atoms with E-state index >= 15 is 0 Å². The molecule has 1 amide bonds. The lowest BCUT2D eigenvalue weighted by Crippen LogP contribution is -2.33. The van der Waals surface area contributed by atoms with Gasteiger partial charge in [0, 0.05) is 30.4 Å². The van der Waals surface area contributed by atoms with Crippen molar-refractivity contribution in [2.45, 2.75) is 56.7 Å². The molecule has 5 N–H and O–H groups in total. The first-order valence-electron chi connectivity index (χ1n) is 10.6. The molecular formula is C21H25FN8O. The van der Waals surface area contributed by atoms with Crippen LogP contribution in [0.1, 0.15) is 49.0 Å². The fourth-order valence-electron chi connectivity index (χ4n) is 3.88. The van der Waals surface area contributed by atoms with E-state index in [-0.39, 0.29) is 23.5 Å². The van der Waals surface area contributed by atoms with E-state index in [0.29, 0.717) is 17.5 Å². The first-order valence-corrected chi connectivity index (χ1v) is 10.6. The Labute approximate surface area is 178 Å². The average Bonchev–Trinajstić information content (AvgIpc) is 3.47. The molecule has 5 rings (SSSR count). The summed E-state index contributed by atoms with van der Waals surface area (Å²) in [6.45, 7) is 0. The summed E-state index contributed by atoms with van der Waals surface area (Å²) in [6.07, 6.45) is 10.0. The first-order chi connectivity index (χ1) is 15.1. The van der Waals surface area contributed by atoms with Gasteiger partial charge in [-0.3, -0.25) is 9.78 Å². The topological polar surface area (TPSA) is 122 Å². The molecule has 3 aromatic heterocycles. The van der Waals surface area contributed by atoms with Gasteiger partial charge in [-0.15, -0.1) is 5.10 Å². The number of nitrogens with zero attached hydrogens (tertiary/aromatic N) is 4. The van der Waals surface area contributed by atoms with Crippen LogP contribution in [0.4, 0.5) is 21.6 Å². The normalized spacial score (nSPS) is 21.1. The van der Waals surface area contributed by atoms with Crippen molar-refractivity contribution in [3.05, 3.63) is 42.2 Å². The van der Waals surface area contributed by atoms with Gasteiger partial charge in [0.1, 0.15) is 5.82 Å². The highest BCUT2D eigenvalue weighted by molar-refractivity contribution is 6.03. The van der Waals surface area contributed by atoms with Gasteiger partial charge in [-0.05, 0) is 44.6 Å². The van der Waals surface area contributed by atoms with Gasteiger partial charge in [0.05, 0.1) is 23.8 Å². The lowest BCUT2D eigenvalue weighted by atomic mass is 9.92. The fraction of sp³-hybridized carbons (Fsp3) is 0.429. The Morgan fingerprint density at radius 3 is 2.55 bits per heavy atom. The Kier molecular flexibility index (Phi) is 5.14. The molecule has 2 fully saturated rings. The number of aromatic nitrogens is 4. The molecule has 0 bridgehead atoms. The molecule has 3 heterocycles. The van der Waals surface area contributed by atoms with Crippen molar-refractivity contribution in [3.63, 3.8) is 0 Å². The molecule has 162 valence electrons. The van der Waals surface area contributed by atoms with Crippen LogP contribution in [-0.2, 0) is 0 Å². The standard InChI is InChI=1S/C21H25FN8O/c22-15-10-24-8-7-16(15)28-21(31)18-11-25-20-17(26-13-5-6-13)9-19(29-30(18)20)27-14-3-1-12(23)2-4-14/h7-14,26H,1-6,23H2,(H,27,29)(H,24,28,31)/t12-,14+. The summed E-state index contributed by atoms with van der Waals surface area (Å²) in [6, 6.07) is 4.31. The van der Waals surface area contributed by atoms with E-state index in [9.17, 15) is 9.18 Å². The summed E-state index contributed by atoms with van der Waals surface area (Å²) in [5.41, 5.74) is 7.68. The lowest BCUT2D eigenvalue weighted by molar-refractivity contribution is 0.102. The zero-order chi connectivity index (χ0) is 21.4. The minimum atomic E-state index is -0.605. The molecule has 9 nitrogen and oxygen atoms in total. The van der Waals surface area contributed by atoms with Gasteiger partial charge in [0.2, 0.25) is 0 Å². The lowest BCUT2D eigenvalue weighted by Gasteiger charge is -2.27. The van der Waals surface area contributed by atoms with Crippen LogP contribution in [0.15, 0.2) is 30.7 Å². The Morgan fingerprint density at radius 1 is 1.06 bits per heavy atom. The average molecular weight is 424 g/mol. The molecule has 31 heavy (non-hydrogen) atoms. The monoisotopic (exact) mass is 424 g/mol. The minimum Gasteiger partial charge on any atom is -0.379 e. The van der Waals surface area contributed by atoms with E-state index in [0.717, 1.165) is 50.4 Å². The summed E-state index contributed by atoms with van der Waals surface area (Å²) < 4.78 is 15.4. The van der Waals surface area contributed by atoms with Crippen molar-refractivity contribution in [2.75, 3.05) is 16.0 Å². The van der Waals surface area contributed by atoms with E-state index in [1.165, 1.54) is 23.0 Å². The van der Waals surface area contributed by atoms with Gasteiger partial charge in [-0.1, -0.05) is 0 Å². The maximum absolute atomic E-state index is 13.9. The smallest absolute Gasteiger partial charge is 0.276 e. The number of carbonyl (C=O) groups excluding carboxylic acids is 1. The maximum Gasteiger partial charge on any atom is 0.276 e. The molecule has 2 aliphatic rings.